The molecule has 2 aliphatic rings. The molecular formula is C52H57N2O4PSi. The maximum Gasteiger partial charge on any atom is 0.356 e. The highest BCUT2D eigenvalue weighted by Gasteiger charge is 2.62. The van der Waals surface area contributed by atoms with E-state index in [0.717, 1.165) is 44.6 Å². The van der Waals surface area contributed by atoms with Gasteiger partial charge in [0.2, 0.25) is 5.91 Å². The van der Waals surface area contributed by atoms with Crippen LogP contribution in [0.3, 0.4) is 0 Å². The van der Waals surface area contributed by atoms with Gasteiger partial charge in [-0.2, -0.15) is 0 Å². The molecule has 1 aliphatic heterocycles. The largest absolute Gasteiger partial charge is 0.457 e. The Kier molecular flexibility index (Phi) is 12.6. The van der Waals surface area contributed by atoms with Gasteiger partial charge in [-0.05, 0) is 92.3 Å². The number of esters is 1. The third-order valence-electron chi connectivity index (χ3n) is 13.6. The van der Waals surface area contributed by atoms with Crippen molar-refractivity contribution in [3.05, 3.63) is 164 Å². The number of likely N-dealkylation sites (tertiary alicyclic amines) is 1. The number of β-lactam (4-membered cyclic amide) rings is 1. The van der Waals surface area contributed by atoms with E-state index in [0.29, 0.717) is 18.3 Å². The van der Waals surface area contributed by atoms with Crippen LogP contribution in [-0.2, 0) is 19.1 Å². The fraction of sp³-hybridized carbons (Fsp3) is 0.288. The number of allylic oxidation sites excluding steroid dienone is 1. The highest BCUT2D eigenvalue weighted by Crippen LogP contribution is 2.56. The van der Waals surface area contributed by atoms with Crippen LogP contribution in [0, 0.1) is 11.8 Å². The Morgan fingerprint density at radius 3 is 1.95 bits per heavy atom. The van der Waals surface area contributed by atoms with Crippen LogP contribution < -0.4 is 15.9 Å². The number of carbonyl (C=O) groups is 3. The third-order valence-corrected chi connectivity index (χ3v) is 24.3. The van der Waals surface area contributed by atoms with Gasteiger partial charge in [-0.25, -0.2) is 4.79 Å². The highest BCUT2D eigenvalue weighted by molar-refractivity contribution is 7.96. The van der Waals surface area contributed by atoms with Gasteiger partial charge in [-0.3, -0.25) is 14.6 Å². The van der Waals surface area contributed by atoms with Crippen molar-refractivity contribution in [1.29, 1.82) is 0 Å². The Balaban J connectivity index is 1.49. The van der Waals surface area contributed by atoms with Gasteiger partial charge in [-0.15, -0.1) is 0 Å². The molecule has 4 aromatic carbocycles. The number of ketones is 1. The summed E-state index contributed by atoms with van der Waals surface area (Å²) in [4.78, 5) is 52.1. The average molecular weight is 833 g/mol. The maximum absolute atomic E-state index is 15.6. The Bertz CT molecular complexity index is 2340. The molecule has 0 unspecified atom stereocenters. The fourth-order valence-electron chi connectivity index (χ4n) is 9.24. The molecule has 7 rings (SSSR count). The summed E-state index contributed by atoms with van der Waals surface area (Å²) in [6.45, 7) is 14.5. The molecule has 1 saturated carbocycles. The summed E-state index contributed by atoms with van der Waals surface area (Å²) in [5, 5.41) is 2.74. The number of Topliss-reactive ketones (excluding diaryl/α,β-unsaturated/α-hetero) is 1. The predicted molar refractivity (Wildman–Crippen MR) is 252 cm³/mol. The number of benzene rings is 4. The van der Waals surface area contributed by atoms with Crippen molar-refractivity contribution in [2.24, 2.45) is 11.8 Å². The van der Waals surface area contributed by atoms with Gasteiger partial charge in [0.15, 0.2) is 5.78 Å². The van der Waals surface area contributed by atoms with Gasteiger partial charge in [-0.1, -0.05) is 163 Å². The monoisotopic (exact) mass is 832 g/mol. The van der Waals surface area contributed by atoms with Gasteiger partial charge >= 0.3 is 5.97 Å². The zero-order valence-electron chi connectivity index (χ0n) is 35.8. The molecule has 2 fully saturated rings. The Hall–Kier alpha value is -5.36. The van der Waals surface area contributed by atoms with E-state index in [2.05, 4.69) is 101 Å². The van der Waals surface area contributed by atoms with Gasteiger partial charge in [0, 0.05) is 25.2 Å². The van der Waals surface area contributed by atoms with E-state index in [9.17, 15) is 0 Å². The third kappa shape index (κ3) is 7.86. The van der Waals surface area contributed by atoms with Gasteiger partial charge < -0.3 is 9.64 Å². The summed E-state index contributed by atoms with van der Waals surface area (Å²) in [5.41, 5.74) is 4.12. The number of hydrogen-bond donors (Lipinski definition) is 0. The van der Waals surface area contributed by atoms with Crippen molar-refractivity contribution in [1.82, 2.24) is 9.88 Å². The van der Waals surface area contributed by atoms with Crippen molar-refractivity contribution in [3.8, 4) is 11.1 Å². The molecule has 1 saturated heterocycles. The highest BCUT2D eigenvalue weighted by atomic mass is 31.2. The molecule has 8 heteroatoms. The fourth-order valence-corrected chi connectivity index (χ4v) is 16.2. The molecule has 4 atom stereocenters. The molecule has 0 spiro atoms. The summed E-state index contributed by atoms with van der Waals surface area (Å²) in [7, 11) is -2.18. The number of rotatable bonds is 12. The standard InChI is InChI=1S/C52H57N2O4PSi/c1-8-34-58-51(57)50(59(42-23-12-9-13-24-42,43-25-14-10-15-26-43)44-27-16-11-17-28-44)54-47(46(49(54)56)37(2)60(6,7)52(3,4)5)45-29-19-22-41(48(45)55)36-38-20-18-21-40(35-38)39-30-32-53-33-31-39/h8-18,20-21,23-28,30-33,35-37,45-47H,1,19,22,29,34H2,2-7H3/t37-,45-,46+,47-/m1/s1. The Labute approximate surface area is 357 Å². The second kappa shape index (κ2) is 17.7. The minimum Gasteiger partial charge on any atom is -0.457 e. The summed E-state index contributed by atoms with van der Waals surface area (Å²) >= 11 is 0. The van der Waals surface area contributed by atoms with Crippen LogP contribution in [0.15, 0.2) is 158 Å². The summed E-state index contributed by atoms with van der Waals surface area (Å²) < 4.78 is 6.10. The number of pyridine rings is 1. The Morgan fingerprint density at radius 1 is 0.850 bits per heavy atom. The van der Waals surface area contributed by atoms with Crippen molar-refractivity contribution in [2.75, 3.05) is 6.61 Å². The molecule has 2 heterocycles. The minimum absolute atomic E-state index is 0.00815. The molecule has 1 amide bonds. The molecular weight excluding hydrogens is 776 g/mol. The molecule has 0 N–H and O–H groups in total. The number of carbonyl (C=O) groups excluding carboxylic acids is 3. The van der Waals surface area contributed by atoms with Crippen LogP contribution >= 0.6 is 6.89 Å². The van der Waals surface area contributed by atoms with Crippen LogP contribution in [0.4, 0.5) is 0 Å². The first-order chi connectivity index (χ1) is 28.8. The molecule has 6 nitrogen and oxygen atoms in total. The lowest BCUT2D eigenvalue weighted by Gasteiger charge is -2.58. The summed E-state index contributed by atoms with van der Waals surface area (Å²) in [6.07, 6.45) is 9.21. The number of nitrogens with zero attached hydrogens (tertiary/aromatic N) is 2. The topological polar surface area (TPSA) is 76.6 Å². The predicted octanol–water partition coefficient (Wildman–Crippen LogP) is 10.1. The van der Waals surface area contributed by atoms with Crippen LogP contribution in [-0.4, -0.2) is 53.7 Å². The van der Waals surface area contributed by atoms with E-state index >= 15 is 14.4 Å². The summed E-state index contributed by atoms with van der Waals surface area (Å²) in [6, 6.07) is 41.9. The molecule has 0 bridgehead atoms. The van der Waals surface area contributed by atoms with E-state index in [1.165, 1.54) is 0 Å². The summed E-state index contributed by atoms with van der Waals surface area (Å²) in [5.74, 6) is -1.60. The van der Waals surface area contributed by atoms with Gasteiger partial charge in [0.05, 0.1) is 20.0 Å². The first kappa shape index (κ1) is 42.8. The van der Waals surface area contributed by atoms with Crippen molar-refractivity contribution in [2.45, 2.75) is 76.7 Å². The second-order valence-corrected chi connectivity index (χ2v) is 26.9. The molecule has 1 aliphatic carbocycles. The van der Waals surface area contributed by atoms with E-state index in [1.807, 2.05) is 84.9 Å². The average Bonchev–Trinajstić information content (AvgIpc) is 3.26. The maximum atomic E-state index is 15.6. The lowest BCUT2D eigenvalue weighted by atomic mass is 9.69. The first-order valence-electron chi connectivity index (χ1n) is 21.1. The van der Waals surface area contributed by atoms with Gasteiger partial charge in [0.25, 0.3) is 0 Å². The van der Waals surface area contributed by atoms with Crippen LogP contribution in [0.5, 0.6) is 0 Å². The van der Waals surface area contributed by atoms with Gasteiger partial charge in [0.1, 0.15) is 12.0 Å². The lowest BCUT2D eigenvalue weighted by molar-refractivity contribution is -0.156. The molecule has 5 aromatic rings. The number of aromatic nitrogens is 1. The quantitative estimate of drug-likeness (QED) is 0.0313. The molecule has 308 valence electrons. The first-order valence-corrected chi connectivity index (χ1v) is 26.0. The minimum atomic E-state index is -3.17. The molecule has 1 aromatic heterocycles. The molecule has 60 heavy (non-hydrogen) atoms. The van der Waals surface area contributed by atoms with Crippen LogP contribution in [0.2, 0.25) is 23.7 Å². The van der Waals surface area contributed by atoms with E-state index in [4.69, 9.17) is 4.74 Å². The zero-order chi connectivity index (χ0) is 42.7. The van der Waals surface area contributed by atoms with Crippen molar-refractivity contribution < 1.29 is 19.1 Å². The normalized spacial score (nSPS) is 19.7. The van der Waals surface area contributed by atoms with E-state index in [-0.39, 0.29) is 28.9 Å². The molecule has 0 radical (unpaired) electrons. The Morgan fingerprint density at radius 2 is 1.42 bits per heavy atom. The SMILES string of the molecule is C=CCOC(=O)C(N1C(=O)[C@@H]([C@@H](C)[Si](C)(C)C(C)(C)C)[C@H]1[C@H]1CCCC(=Cc2cccc(-c3ccncc3)c2)C1=O)=P(c1ccccc1)(c1ccccc1)c1ccccc1. The second-order valence-electron chi connectivity index (χ2n) is 17.8. The number of ether oxygens (including phenoxy) is 1. The number of amides is 1. The van der Waals surface area contributed by atoms with E-state index in [1.54, 1.807) is 23.4 Å². The van der Waals surface area contributed by atoms with Crippen LogP contribution in [0.1, 0.15) is 52.5 Å². The lowest BCUT2D eigenvalue weighted by Crippen LogP contribution is -2.71. The number of hydrogen-bond acceptors (Lipinski definition) is 5. The van der Waals surface area contributed by atoms with Crippen molar-refractivity contribution >= 4 is 60.0 Å². The van der Waals surface area contributed by atoms with Crippen LogP contribution in [0.25, 0.3) is 17.2 Å². The van der Waals surface area contributed by atoms with Crippen molar-refractivity contribution in [3.63, 3.8) is 0 Å². The zero-order valence-corrected chi connectivity index (χ0v) is 37.6. The van der Waals surface area contributed by atoms with E-state index < -0.39 is 38.8 Å². The smallest absolute Gasteiger partial charge is 0.356 e.